The predicted molar refractivity (Wildman–Crippen MR) is 110 cm³/mol. The minimum Gasteiger partial charge on any atom is -0.0683 e. The van der Waals surface area contributed by atoms with Gasteiger partial charge in [0.25, 0.3) is 0 Å². The van der Waals surface area contributed by atoms with Gasteiger partial charge < -0.3 is 0 Å². The molecule has 1 spiro atoms. The number of rotatable bonds is 3. The Morgan fingerprint density at radius 3 is 1.92 bits per heavy atom. The predicted octanol–water partition coefficient (Wildman–Crippen LogP) is 7.17. The molecule has 0 radical (unpaired) electrons. The first-order valence-electron chi connectivity index (χ1n) is 10.2. The van der Waals surface area contributed by atoms with Gasteiger partial charge in [0, 0.05) is 0 Å². The molecule has 1 aromatic carbocycles. The Balaban J connectivity index is 2.07. The van der Waals surface area contributed by atoms with Crippen molar-refractivity contribution in [2.45, 2.75) is 97.1 Å². The fourth-order valence-electron chi connectivity index (χ4n) is 5.46. The lowest BCUT2D eigenvalue weighted by molar-refractivity contribution is 0.204. The van der Waals surface area contributed by atoms with E-state index in [-0.39, 0.29) is 7.92 Å². The highest BCUT2D eigenvalue weighted by atomic mass is 31.1. The van der Waals surface area contributed by atoms with Gasteiger partial charge in [0.05, 0.1) is 0 Å². The topological polar surface area (TPSA) is 0 Å². The summed E-state index contributed by atoms with van der Waals surface area (Å²) in [5.41, 5.74) is 3.97. The Labute approximate surface area is 151 Å². The molecule has 2 aliphatic rings. The molecule has 0 amide bonds. The van der Waals surface area contributed by atoms with Gasteiger partial charge in [0.2, 0.25) is 0 Å². The van der Waals surface area contributed by atoms with E-state index in [0.717, 1.165) is 0 Å². The van der Waals surface area contributed by atoms with Crippen LogP contribution in [0.1, 0.15) is 103 Å². The van der Waals surface area contributed by atoms with Crippen molar-refractivity contribution < 1.29 is 0 Å². The second-order valence-electron chi connectivity index (χ2n) is 9.73. The van der Waals surface area contributed by atoms with Crippen molar-refractivity contribution in [2.75, 3.05) is 6.16 Å². The first-order chi connectivity index (χ1) is 11.3. The first kappa shape index (κ1) is 18.4. The Hall–Kier alpha value is -0.350. The van der Waals surface area contributed by atoms with Crippen molar-refractivity contribution in [2.24, 2.45) is 5.41 Å². The van der Waals surface area contributed by atoms with Crippen molar-refractivity contribution in [3.63, 3.8) is 0 Å². The molecule has 0 bridgehead atoms. The molecule has 1 heterocycles. The Bertz CT molecular complexity index is 549. The smallest absolute Gasteiger partial charge is 0.0105 e. The maximum Gasteiger partial charge on any atom is -0.0105 e. The summed E-state index contributed by atoms with van der Waals surface area (Å²) in [5.74, 6) is 1.28. The number of hydrogen-bond donors (Lipinski definition) is 0. The van der Waals surface area contributed by atoms with Gasteiger partial charge in [-0.05, 0) is 64.3 Å². The average molecular weight is 345 g/mol. The van der Waals surface area contributed by atoms with Crippen LogP contribution in [0.25, 0.3) is 0 Å². The van der Waals surface area contributed by atoms with Crippen LogP contribution < -0.4 is 5.30 Å². The normalized spacial score (nSPS) is 25.8. The van der Waals surface area contributed by atoms with Gasteiger partial charge >= 0.3 is 0 Å². The molecule has 0 N–H and O–H groups in total. The molecular formula is C23H37P. The molecule has 1 saturated heterocycles. The fourth-order valence-corrected chi connectivity index (χ4v) is 9.57. The van der Waals surface area contributed by atoms with Gasteiger partial charge in [-0.2, -0.15) is 0 Å². The summed E-state index contributed by atoms with van der Waals surface area (Å²) in [6.45, 7) is 14.7. The lowest BCUT2D eigenvalue weighted by Gasteiger charge is -2.34. The zero-order chi connectivity index (χ0) is 17.5. The molecule has 134 valence electrons. The molecule has 1 saturated carbocycles. The summed E-state index contributed by atoms with van der Waals surface area (Å²) in [4.78, 5) is 0. The van der Waals surface area contributed by atoms with Crippen molar-refractivity contribution in [3.8, 4) is 0 Å². The van der Waals surface area contributed by atoms with Crippen LogP contribution in [0, 0.1) is 5.41 Å². The SMILES string of the molecule is CC(C)c1cccc(C(C)C)c1P1CC2(CCCCC2)CC1(C)C. The Morgan fingerprint density at radius 1 is 0.875 bits per heavy atom. The molecule has 1 atom stereocenters. The van der Waals surface area contributed by atoms with Crippen molar-refractivity contribution >= 4 is 13.2 Å². The van der Waals surface area contributed by atoms with Crippen LogP contribution in [0.15, 0.2) is 18.2 Å². The summed E-state index contributed by atoms with van der Waals surface area (Å²) < 4.78 is 0. The molecule has 1 unspecified atom stereocenters. The fraction of sp³-hybridized carbons (Fsp3) is 0.739. The molecule has 24 heavy (non-hydrogen) atoms. The third-order valence-corrected chi connectivity index (χ3v) is 10.2. The van der Waals surface area contributed by atoms with Crippen LogP contribution in [-0.4, -0.2) is 11.3 Å². The summed E-state index contributed by atoms with van der Waals surface area (Å²) in [7, 11) is -0.0613. The largest absolute Gasteiger partial charge is 0.0683 e. The highest BCUT2D eigenvalue weighted by Crippen LogP contribution is 2.67. The molecule has 1 heteroatoms. The second-order valence-corrected chi connectivity index (χ2v) is 12.6. The molecular weight excluding hydrogens is 307 g/mol. The monoisotopic (exact) mass is 344 g/mol. The summed E-state index contributed by atoms with van der Waals surface area (Å²) >= 11 is 0. The average Bonchev–Trinajstić information content (AvgIpc) is 2.77. The Kier molecular flexibility index (Phi) is 5.19. The molecule has 0 aromatic heterocycles. The molecule has 1 aromatic rings. The molecule has 2 fully saturated rings. The molecule has 1 aliphatic heterocycles. The zero-order valence-electron chi connectivity index (χ0n) is 16.8. The van der Waals surface area contributed by atoms with E-state index in [0.29, 0.717) is 22.4 Å². The maximum atomic E-state index is 2.59. The molecule has 1 aliphatic carbocycles. The van der Waals surface area contributed by atoms with E-state index in [1.807, 2.05) is 0 Å². The van der Waals surface area contributed by atoms with Crippen LogP contribution in [0.3, 0.4) is 0 Å². The lowest BCUT2D eigenvalue weighted by Crippen LogP contribution is -2.26. The first-order valence-corrected chi connectivity index (χ1v) is 11.7. The minimum atomic E-state index is -0.0613. The van der Waals surface area contributed by atoms with Crippen LogP contribution in [0.4, 0.5) is 0 Å². The summed E-state index contributed by atoms with van der Waals surface area (Å²) in [5, 5.41) is 2.30. The lowest BCUT2D eigenvalue weighted by atomic mass is 9.71. The van der Waals surface area contributed by atoms with Gasteiger partial charge in [-0.15, -0.1) is 0 Å². The van der Waals surface area contributed by atoms with E-state index in [4.69, 9.17) is 0 Å². The maximum absolute atomic E-state index is 2.59. The Morgan fingerprint density at radius 2 is 1.42 bits per heavy atom. The number of benzene rings is 1. The van der Waals surface area contributed by atoms with Crippen molar-refractivity contribution in [1.82, 2.24) is 0 Å². The van der Waals surface area contributed by atoms with Crippen molar-refractivity contribution in [1.29, 1.82) is 0 Å². The highest BCUT2D eigenvalue weighted by molar-refractivity contribution is 7.67. The van der Waals surface area contributed by atoms with E-state index in [9.17, 15) is 0 Å². The van der Waals surface area contributed by atoms with E-state index in [1.54, 1.807) is 16.4 Å². The summed E-state index contributed by atoms with van der Waals surface area (Å²) in [6.07, 6.45) is 10.4. The van der Waals surface area contributed by atoms with E-state index >= 15 is 0 Å². The van der Waals surface area contributed by atoms with Gasteiger partial charge in [-0.1, -0.05) is 86.9 Å². The quantitative estimate of drug-likeness (QED) is 0.510. The third-order valence-electron chi connectivity index (χ3n) is 6.56. The third kappa shape index (κ3) is 3.33. The zero-order valence-corrected chi connectivity index (χ0v) is 17.7. The van der Waals surface area contributed by atoms with Gasteiger partial charge in [0.15, 0.2) is 0 Å². The second kappa shape index (κ2) is 6.75. The van der Waals surface area contributed by atoms with Gasteiger partial charge in [0.1, 0.15) is 0 Å². The molecule has 0 nitrogen and oxygen atoms in total. The van der Waals surface area contributed by atoms with E-state index in [2.05, 4.69) is 59.7 Å². The molecule has 3 rings (SSSR count). The standard InChI is InChI=1S/C23H37P/c1-17(2)19-11-10-12-20(18(3)4)21(19)24-16-23(15-22(24,5)6)13-8-7-9-14-23/h10-12,17-18H,7-9,13-16H2,1-6H3. The summed E-state index contributed by atoms with van der Waals surface area (Å²) in [6, 6.07) is 7.16. The van der Waals surface area contributed by atoms with E-state index < -0.39 is 0 Å². The highest BCUT2D eigenvalue weighted by Gasteiger charge is 2.50. The van der Waals surface area contributed by atoms with Crippen LogP contribution in [0.2, 0.25) is 0 Å². The van der Waals surface area contributed by atoms with Crippen LogP contribution >= 0.6 is 7.92 Å². The van der Waals surface area contributed by atoms with Crippen LogP contribution in [-0.2, 0) is 0 Å². The number of hydrogen-bond acceptors (Lipinski definition) is 0. The van der Waals surface area contributed by atoms with Gasteiger partial charge in [-0.25, -0.2) is 0 Å². The van der Waals surface area contributed by atoms with Gasteiger partial charge in [-0.3, -0.25) is 0 Å². The van der Waals surface area contributed by atoms with Crippen LogP contribution in [0.5, 0.6) is 0 Å². The minimum absolute atomic E-state index is 0.0613. The van der Waals surface area contributed by atoms with E-state index in [1.165, 1.54) is 44.7 Å². The van der Waals surface area contributed by atoms with Crippen molar-refractivity contribution in [3.05, 3.63) is 29.3 Å².